The summed E-state index contributed by atoms with van der Waals surface area (Å²) in [6.07, 6.45) is 2.38. The third kappa shape index (κ3) is 4.81. The zero-order valence-electron chi connectivity index (χ0n) is 15.4. The molecule has 0 aliphatic carbocycles. The molecule has 1 amide bonds. The van der Waals surface area contributed by atoms with Gasteiger partial charge in [0.15, 0.2) is 11.2 Å². The van der Waals surface area contributed by atoms with E-state index in [1.54, 1.807) is 11.5 Å². The average Bonchev–Trinajstić information content (AvgIpc) is 3.25. The maximum atomic E-state index is 12.3. The Morgan fingerprint density at radius 2 is 2.36 bits per heavy atom. The number of aromatic amines is 1. The second-order valence-electron chi connectivity index (χ2n) is 6.61. The van der Waals surface area contributed by atoms with Gasteiger partial charge >= 0.3 is 6.80 Å². The molecule has 3 heterocycles. The van der Waals surface area contributed by atoms with Gasteiger partial charge in [-0.2, -0.15) is 4.98 Å². The van der Waals surface area contributed by atoms with Gasteiger partial charge in [-0.1, -0.05) is 26.1 Å². The number of ether oxygens (including phenoxy) is 1. The molecule has 28 heavy (non-hydrogen) atoms. The number of aromatic nitrogens is 4. The van der Waals surface area contributed by atoms with Crippen molar-refractivity contribution in [3.8, 4) is 0 Å². The number of thiol groups is 1. The first-order valence-corrected chi connectivity index (χ1v) is 11.5. The highest BCUT2D eigenvalue weighted by Crippen LogP contribution is 2.47. The number of amides is 1. The van der Waals surface area contributed by atoms with Gasteiger partial charge in [-0.25, -0.2) is 9.55 Å². The molecule has 0 bridgehead atoms. The van der Waals surface area contributed by atoms with E-state index < -0.39 is 24.7 Å². The Bertz CT molecular complexity index is 971. The monoisotopic (exact) mass is 431 g/mol. The van der Waals surface area contributed by atoms with Gasteiger partial charge in [0.2, 0.25) is 11.9 Å². The normalized spacial score (nSPS) is 22.9. The smallest absolute Gasteiger partial charge is 0.352 e. The molecule has 1 fully saturated rings. The van der Waals surface area contributed by atoms with Crippen molar-refractivity contribution in [2.24, 2.45) is 5.92 Å². The van der Waals surface area contributed by atoms with E-state index in [4.69, 9.17) is 14.2 Å². The summed E-state index contributed by atoms with van der Waals surface area (Å²) in [4.78, 5) is 44.4. The maximum absolute atomic E-state index is 12.3. The molecule has 0 spiro atoms. The van der Waals surface area contributed by atoms with Gasteiger partial charge in [0.05, 0.1) is 19.0 Å². The lowest BCUT2D eigenvalue weighted by molar-refractivity contribution is -0.119. The molecule has 11 nitrogen and oxygen atoms in total. The van der Waals surface area contributed by atoms with Crippen molar-refractivity contribution in [2.75, 3.05) is 11.9 Å². The van der Waals surface area contributed by atoms with Crippen molar-refractivity contribution >= 4 is 42.1 Å². The van der Waals surface area contributed by atoms with Crippen LogP contribution >= 0.6 is 19.0 Å². The predicted molar refractivity (Wildman–Crippen MR) is 104 cm³/mol. The summed E-state index contributed by atoms with van der Waals surface area (Å²) in [7, 11) is 0. The Morgan fingerprint density at radius 1 is 1.61 bits per heavy atom. The second kappa shape index (κ2) is 8.34. The summed E-state index contributed by atoms with van der Waals surface area (Å²) >= 11 is 3.46. The van der Waals surface area contributed by atoms with E-state index >= 15 is 0 Å². The number of anilines is 1. The molecular weight excluding hydrogens is 409 g/mol. The number of nitrogens with zero attached hydrogens (tertiary/aromatic N) is 3. The van der Waals surface area contributed by atoms with Crippen molar-refractivity contribution in [1.82, 2.24) is 19.5 Å². The summed E-state index contributed by atoms with van der Waals surface area (Å²) in [6, 6.07) is 0. The number of imidazole rings is 1. The van der Waals surface area contributed by atoms with E-state index in [9.17, 15) is 14.2 Å². The Morgan fingerprint density at radius 3 is 3.04 bits per heavy atom. The Kier molecular flexibility index (Phi) is 6.25. The molecule has 0 aromatic carbocycles. The van der Waals surface area contributed by atoms with Crippen molar-refractivity contribution in [2.45, 2.75) is 45.4 Å². The van der Waals surface area contributed by atoms with Gasteiger partial charge in [0.25, 0.3) is 5.56 Å². The van der Waals surface area contributed by atoms with Crippen LogP contribution in [0.4, 0.5) is 5.95 Å². The van der Waals surface area contributed by atoms with Crippen molar-refractivity contribution in [3.63, 3.8) is 0 Å². The van der Waals surface area contributed by atoms with Crippen LogP contribution in [0.2, 0.25) is 0 Å². The Balaban J connectivity index is 1.80. The summed E-state index contributed by atoms with van der Waals surface area (Å²) < 4.78 is 23.3. The molecule has 4 atom stereocenters. The number of carbonyl (C=O) groups is 1. The minimum Gasteiger partial charge on any atom is -0.352 e. The summed E-state index contributed by atoms with van der Waals surface area (Å²) in [5.41, 5.74) is -0.0748. The SMILES string of the molecule is CCC(C)C(=O)Nc1nc2c(ncn2[C@H]2CC[C@@H](COP(=O)(O)S)O2)c(=O)[nH]1. The quantitative estimate of drug-likeness (QED) is 0.383. The predicted octanol–water partition coefficient (Wildman–Crippen LogP) is 1.83. The van der Waals surface area contributed by atoms with Gasteiger partial charge in [0, 0.05) is 5.92 Å². The highest BCUT2D eigenvalue weighted by Gasteiger charge is 2.30. The molecule has 2 unspecified atom stereocenters. The molecule has 3 rings (SSSR count). The van der Waals surface area contributed by atoms with Crippen LogP contribution in [0.25, 0.3) is 11.2 Å². The van der Waals surface area contributed by atoms with E-state index in [0.717, 1.165) is 0 Å². The van der Waals surface area contributed by atoms with E-state index in [0.29, 0.717) is 19.3 Å². The zero-order valence-corrected chi connectivity index (χ0v) is 17.2. The van der Waals surface area contributed by atoms with Crippen LogP contribution in [0.3, 0.4) is 0 Å². The minimum atomic E-state index is -3.88. The highest BCUT2D eigenvalue weighted by molar-refractivity contribution is 8.44. The average molecular weight is 431 g/mol. The van der Waals surface area contributed by atoms with Crippen LogP contribution in [0.1, 0.15) is 39.3 Å². The van der Waals surface area contributed by atoms with Crippen molar-refractivity contribution in [3.05, 3.63) is 16.7 Å². The van der Waals surface area contributed by atoms with E-state index in [-0.39, 0.29) is 35.5 Å². The lowest BCUT2D eigenvalue weighted by Crippen LogP contribution is -2.23. The van der Waals surface area contributed by atoms with E-state index in [2.05, 4.69) is 32.5 Å². The maximum Gasteiger partial charge on any atom is 0.383 e. The molecule has 2 aromatic heterocycles. The van der Waals surface area contributed by atoms with Crippen LogP contribution in [0, 0.1) is 5.92 Å². The minimum absolute atomic E-state index is 0.0405. The van der Waals surface area contributed by atoms with Crippen LogP contribution in [-0.4, -0.2) is 43.0 Å². The lowest BCUT2D eigenvalue weighted by Gasteiger charge is -2.16. The highest BCUT2D eigenvalue weighted by atomic mass is 32.7. The standard InChI is InChI=1S/C15H22N5O6PS/c1-3-8(2)13(21)18-15-17-12-11(14(22)19-15)16-7-20(12)10-5-4-9(26-10)6-25-27(23,24)28/h7-10H,3-6H2,1-2H3,(H2,23,24,28)(H2,17,18,19,21,22)/t8?,9-,10+/m0/s1. The topological polar surface area (TPSA) is 148 Å². The number of hydrogen-bond acceptors (Lipinski definition) is 7. The zero-order chi connectivity index (χ0) is 20.5. The molecule has 1 saturated heterocycles. The fraction of sp³-hybridized carbons (Fsp3) is 0.600. The number of nitrogens with one attached hydrogen (secondary N) is 2. The number of fused-ring (bicyclic) bond motifs is 1. The number of rotatable bonds is 7. The summed E-state index contributed by atoms with van der Waals surface area (Å²) in [6.45, 7) is -0.289. The van der Waals surface area contributed by atoms with Crippen molar-refractivity contribution in [1.29, 1.82) is 0 Å². The molecule has 0 radical (unpaired) electrons. The molecule has 2 aromatic rings. The van der Waals surface area contributed by atoms with Crippen LogP contribution < -0.4 is 10.9 Å². The Hall–Kier alpha value is -1.72. The third-order valence-electron chi connectivity index (χ3n) is 4.56. The summed E-state index contributed by atoms with van der Waals surface area (Å²) in [5, 5.41) is 2.60. The van der Waals surface area contributed by atoms with Gasteiger partial charge in [-0.3, -0.25) is 29.0 Å². The van der Waals surface area contributed by atoms with Gasteiger partial charge in [0.1, 0.15) is 6.23 Å². The van der Waals surface area contributed by atoms with Gasteiger partial charge in [-0.15, -0.1) is 0 Å². The van der Waals surface area contributed by atoms with Gasteiger partial charge in [-0.05, 0) is 19.3 Å². The molecule has 3 N–H and O–H groups in total. The lowest BCUT2D eigenvalue weighted by atomic mass is 10.1. The molecule has 1 aliphatic heterocycles. The van der Waals surface area contributed by atoms with Crippen LogP contribution in [-0.2, 0) is 18.6 Å². The fourth-order valence-corrected chi connectivity index (χ4v) is 3.38. The molecule has 0 saturated carbocycles. The fourth-order valence-electron chi connectivity index (χ4n) is 2.82. The van der Waals surface area contributed by atoms with Gasteiger partial charge < -0.3 is 9.63 Å². The number of carbonyl (C=O) groups excluding carboxylic acids is 1. The van der Waals surface area contributed by atoms with Crippen LogP contribution in [0.15, 0.2) is 11.1 Å². The van der Waals surface area contributed by atoms with E-state index in [1.165, 1.54) is 6.33 Å². The molecular formula is C15H22N5O6PS. The number of H-pyrrole nitrogens is 1. The number of hydrogen-bond donors (Lipinski definition) is 4. The summed E-state index contributed by atoms with van der Waals surface area (Å²) in [5.74, 6) is -0.427. The first kappa shape index (κ1) is 21.0. The molecule has 1 aliphatic rings. The first-order chi connectivity index (χ1) is 13.2. The first-order valence-electron chi connectivity index (χ1n) is 8.81. The van der Waals surface area contributed by atoms with E-state index in [1.807, 2.05) is 6.92 Å². The third-order valence-corrected chi connectivity index (χ3v) is 5.39. The van der Waals surface area contributed by atoms with Crippen LogP contribution in [0.5, 0.6) is 0 Å². The van der Waals surface area contributed by atoms with Crippen molar-refractivity contribution < 1.29 is 23.5 Å². The Labute approximate surface area is 165 Å². The largest absolute Gasteiger partial charge is 0.383 e. The second-order valence-corrected chi connectivity index (χ2v) is 9.37. The molecule has 13 heteroatoms. The molecule has 154 valence electrons.